The maximum Gasteiger partial charge on any atom is 0.0717 e. The van der Waals surface area contributed by atoms with Crippen molar-refractivity contribution in [3.05, 3.63) is 152 Å². The molecule has 0 saturated heterocycles. The van der Waals surface area contributed by atoms with Gasteiger partial charge in [-0.2, -0.15) is 0 Å². The van der Waals surface area contributed by atoms with Crippen LogP contribution in [0.3, 0.4) is 0 Å². The summed E-state index contributed by atoms with van der Waals surface area (Å²) in [6.07, 6.45) is 11.1. The van der Waals surface area contributed by atoms with Crippen molar-refractivity contribution >= 4 is 21.8 Å². The number of hydrogen-bond acceptors (Lipinski definition) is 4. The Balaban J connectivity index is 1.25. The van der Waals surface area contributed by atoms with Crippen LogP contribution in [0.15, 0.2) is 152 Å². The summed E-state index contributed by atoms with van der Waals surface area (Å²) in [6.45, 7) is 0. The van der Waals surface area contributed by atoms with E-state index in [4.69, 9.17) is 9.97 Å². The van der Waals surface area contributed by atoms with Crippen molar-refractivity contribution in [1.29, 1.82) is 0 Å². The predicted octanol–water partition coefficient (Wildman–Crippen LogP) is 9.03. The van der Waals surface area contributed by atoms with E-state index in [1.807, 2.05) is 49.1 Å². The van der Waals surface area contributed by atoms with Crippen molar-refractivity contribution in [1.82, 2.24) is 24.5 Å². The highest BCUT2D eigenvalue weighted by Crippen LogP contribution is 2.37. The van der Waals surface area contributed by atoms with Crippen molar-refractivity contribution in [2.24, 2.45) is 0 Å². The van der Waals surface area contributed by atoms with E-state index in [1.54, 1.807) is 12.4 Å². The van der Waals surface area contributed by atoms with Gasteiger partial charge in [0.1, 0.15) is 0 Å². The second-order valence-electron chi connectivity index (χ2n) is 10.5. The molecule has 8 aromatic rings. The summed E-state index contributed by atoms with van der Waals surface area (Å²) < 4.78 is 2.35. The number of rotatable bonds is 5. The number of benzene rings is 3. The van der Waals surface area contributed by atoms with Crippen molar-refractivity contribution in [2.45, 2.75) is 0 Å². The highest BCUT2D eigenvalue weighted by molar-refractivity contribution is 6.11. The molecule has 3 aromatic carbocycles. The van der Waals surface area contributed by atoms with Crippen molar-refractivity contribution < 1.29 is 0 Å². The predicted molar refractivity (Wildman–Crippen MR) is 174 cm³/mol. The van der Waals surface area contributed by atoms with Gasteiger partial charge in [0.25, 0.3) is 0 Å². The third-order valence-electron chi connectivity index (χ3n) is 7.89. The first kappa shape index (κ1) is 24.8. The Morgan fingerprint density at radius 2 is 0.907 bits per heavy atom. The molecule has 0 radical (unpaired) electrons. The van der Waals surface area contributed by atoms with E-state index < -0.39 is 0 Å². The number of aromatic nitrogens is 5. The molecule has 5 heteroatoms. The average molecular weight is 552 g/mol. The highest BCUT2D eigenvalue weighted by Gasteiger charge is 2.15. The van der Waals surface area contributed by atoms with Crippen molar-refractivity contribution in [3.8, 4) is 50.5 Å². The molecule has 0 unspecified atom stereocenters. The van der Waals surface area contributed by atoms with Crippen LogP contribution in [0, 0.1) is 0 Å². The summed E-state index contributed by atoms with van der Waals surface area (Å²) in [7, 11) is 0. The fourth-order valence-electron chi connectivity index (χ4n) is 5.73. The summed E-state index contributed by atoms with van der Waals surface area (Å²) in [5.41, 5.74) is 11.6. The van der Waals surface area contributed by atoms with E-state index in [2.05, 4.69) is 106 Å². The number of pyridine rings is 4. The molecule has 0 amide bonds. The van der Waals surface area contributed by atoms with Crippen LogP contribution in [0.4, 0.5) is 0 Å². The summed E-state index contributed by atoms with van der Waals surface area (Å²) in [5.74, 6) is 0. The van der Waals surface area contributed by atoms with Gasteiger partial charge < -0.3 is 4.57 Å². The van der Waals surface area contributed by atoms with E-state index in [-0.39, 0.29) is 0 Å². The van der Waals surface area contributed by atoms with Crippen molar-refractivity contribution in [2.75, 3.05) is 0 Å². The van der Waals surface area contributed by atoms with Crippen LogP contribution in [0.25, 0.3) is 72.3 Å². The molecule has 8 rings (SSSR count). The largest absolute Gasteiger partial charge is 0.309 e. The lowest BCUT2D eigenvalue weighted by Gasteiger charge is -2.10. The Labute approximate surface area is 248 Å². The molecular formula is C38H25N5. The highest BCUT2D eigenvalue weighted by atomic mass is 15.0. The first-order valence-corrected chi connectivity index (χ1v) is 14.2. The molecule has 0 aliphatic rings. The summed E-state index contributed by atoms with van der Waals surface area (Å²) in [4.78, 5) is 17.9. The minimum absolute atomic E-state index is 0.909. The molecule has 5 heterocycles. The van der Waals surface area contributed by atoms with Crippen LogP contribution in [0.5, 0.6) is 0 Å². The van der Waals surface area contributed by atoms with Crippen molar-refractivity contribution in [3.63, 3.8) is 0 Å². The smallest absolute Gasteiger partial charge is 0.0717 e. The number of hydrogen-bond donors (Lipinski definition) is 0. The van der Waals surface area contributed by atoms with E-state index in [0.717, 1.165) is 61.5 Å². The normalized spacial score (nSPS) is 11.3. The van der Waals surface area contributed by atoms with Crippen LogP contribution in [-0.4, -0.2) is 24.5 Å². The molecule has 43 heavy (non-hydrogen) atoms. The van der Waals surface area contributed by atoms with Crippen LogP contribution < -0.4 is 0 Å². The molecule has 5 nitrogen and oxygen atoms in total. The van der Waals surface area contributed by atoms with E-state index in [1.165, 1.54) is 10.8 Å². The Bertz CT molecular complexity index is 2050. The lowest BCUT2D eigenvalue weighted by atomic mass is 10.0. The quantitative estimate of drug-likeness (QED) is 0.214. The Hall–Kier alpha value is -5.94. The summed E-state index contributed by atoms with van der Waals surface area (Å²) in [5, 5.41) is 2.42. The van der Waals surface area contributed by atoms with Gasteiger partial charge in [-0.1, -0.05) is 54.6 Å². The SMILES string of the molecule is c1ccc(-n2c3cc(-c4ccc(-c5cccnc5)nc4)ccc3c3ccc(-c4ccc(-c5cccnc5)nc4)cc32)cc1. The number of para-hydroxylation sites is 1. The molecule has 202 valence electrons. The Morgan fingerprint density at radius 3 is 1.35 bits per heavy atom. The fraction of sp³-hybridized carbons (Fsp3) is 0. The minimum atomic E-state index is 0.909. The number of fused-ring (bicyclic) bond motifs is 3. The zero-order valence-electron chi connectivity index (χ0n) is 23.2. The zero-order valence-corrected chi connectivity index (χ0v) is 23.2. The molecule has 0 N–H and O–H groups in total. The van der Waals surface area contributed by atoms with E-state index >= 15 is 0 Å². The molecular weight excluding hydrogens is 526 g/mol. The van der Waals surface area contributed by atoms with Crippen LogP contribution >= 0.6 is 0 Å². The standard InChI is InChI=1S/C38H25N5/c1-2-8-32(9-3-1)43-37-20-26(28-12-16-35(41-24-28)30-6-4-18-39-22-30)10-14-33(37)34-15-11-27(21-38(34)43)29-13-17-36(42-25-29)31-7-5-19-40-23-31/h1-25H. The molecule has 0 fully saturated rings. The summed E-state index contributed by atoms with van der Waals surface area (Å²) >= 11 is 0. The Morgan fingerprint density at radius 1 is 0.395 bits per heavy atom. The lowest BCUT2D eigenvalue weighted by Crippen LogP contribution is -1.94. The molecule has 0 bridgehead atoms. The minimum Gasteiger partial charge on any atom is -0.309 e. The van der Waals surface area contributed by atoms with Gasteiger partial charge in [0.05, 0.1) is 22.4 Å². The molecule has 0 spiro atoms. The third-order valence-corrected chi connectivity index (χ3v) is 7.89. The van der Waals surface area contributed by atoms with Crippen LogP contribution in [-0.2, 0) is 0 Å². The van der Waals surface area contributed by atoms with Gasteiger partial charge in [0, 0.05) is 75.9 Å². The molecule has 0 aliphatic carbocycles. The zero-order chi connectivity index (χ0) is 28.6. The first-order chi connectivity index (χ1) is 21.3. The number of nitrogens with zero attached hydrogens (tertiary/aromatic N) is 5. The van der Waals surface area contributed by atoms with Gasteiger partial charge in [0.2, 0.25) is 0 Å². The van der Waals surface area contributed by atoms with E-state index in [0.29, 0.717) is 0 Å². The first-order valence-electron chi connectivity index (χ1n) is 14.2. The summed E-state index contributed by atoms with van der Waals surface area (Å²) in [6, 6.07) is 40.2. The topological polar surface area (TPSA) is 56.5 Å². The fourth-order valence-corrected chi connectivity index (χ4v) is 5.73. The molecule has 0 aliphatic heterocycles. The maximum atomic E-state index is 4.74. The van der Waals surface area contributed by atoms with Gasteiger partial charge in [-0.15, -0.1) is 0 Å². The van der Waals surface area contributed by atoms with Gasteiger partial charge in [-0.05, 0) is 71.8 Å². The molecule has 5 aromatic heterocycles. The Kier molecular flexibility index (Phi) is 6.05. The maximum absolute atomic E-state index is 4.74. The second kappa shape index (κ2) is 10.5. The van der Waals surface area contributed by atoms with Gasteiger partial charge in [-0.25, -0.2) is 0 Å². The van der Waals surface area contributed by atoms with E-state index in [9.17, 15) is 0 Å². The molecule has 0 atom stereocenters. The van der Waals surface area contributed by atoms with Crippen LogP contribution in [0.2, 0.25) is 0 Å². The average Bonchev–Trinajstić information content (AvgIpc) is 3.42. The lowest BCUT2D eigenvalue weighted by molar-refractivity contribution is 1.18. The third kappa shape index (κ3) is 4.53. The second-order valence-corrected chi connectivity index (χ2v) is 10.5. The molecule has 0 saturated carbocycles. The van der Waals surface area contributed by atoms with Gasteiger partial charge in [0.15, 0.2) is 0 Å². The van der Waals surface area contributed by atoms with Gasteiger partial charge >= 0.3 is 0 Å². The van der Waals surface area contributed by atoms with Gasteiger partial charge in [-0.3, -0.25) is 19.9 Å². The van der Waals surface area contributed by atoms with Crippen LogP contribution in [0.1, 0.15) is 0 Å². The monoisotopic (exact) mass is 551 g/mol.